The zero-order valence-electron chi connectivity index (χ0n) is 26.3. The first-order valence-electron chi connectivity index (χ1n) is 15.0. The lowest BCUT2D eigenvalue weighted by molar-refractivity contribution is -0.151. The lowest BCUT2D eigenvalue weighted by atomic mass is 9.96. The van der Waals surface area contributed by atoms with Crippen LogP contribution in [-0.2, 0) is 30.0 Å². The number of hydrogen-bond donors (Lipinski definition) is 5. The normalized spacial score (nSPS) is 22.5. The van der Waals surface area contributed by atoms with Crippen molar-refractivity contribution in [2.24, 2.45) is 0 Å². The lowest BCUT2D eigenvalue weighted by Crippen LogP contribution is -2.47. The van der Waals surface area contributed by atoms with Gasteiger partial charge in [-0.1, -0.05) is 66.7 Å². The van der Waals surface area contributed by atoms with Gasteiger partial charge in [-0.2, -0.15) is 10.1 Å². The van der Waals surface area contributed by atoms with Crippen LogP contribution >= 0.6 is 7.75 Å². The number of hydrogen-bond acceptors (Lipinski definition) is 12. The molecule has 15 nitrogen and oxygen atoms in total. The molecule has 3 heterocycles. The molecular weight excluding hydrogens is 643 g/mol. The number of nitrogens with zero attached hydrogens (tertiary/aromatic N) is 3. The van der Waals surface area contributed by atoms with Gasteiger partial charge in [0.2, 0.25) is 5.95 Å². The van der Waals surface area contributed by atoms with Crippen LogP contribution in [0.15, 0.2) is 83.9 Å². The number of aliphatic hydroxyl groups excluding tert-OH is 1. The number of aliphatic hydroxyl groups is 2. The number of fused-ring (bicyclic) bond motifs is 2. The van der Waals surface area contributed by atoms with Crippen LogP contribution in [0.3, 0.4) is 0 Å². The summed E-state index contributed by atoms with van der Waals surface area (Å²) in [6, 6.07) is 21.5. The van der Waals surface area contributed by atoms with Gasteiger partial charge in [0.15, 0.2) is 17.4 Å². The number of aromatic nitrogens is 4. The maximum Gasteiger partial charge on any atom is 0.459 e. The van der Waals surface area contributed by atoms with Crippen LogP contribution in [0.25, 0.3) is 21.9 Å². The molecule has 1 fully saturated rings. The maximum absolute atomic E-state index is 14.6. The number of nitrogens with two attached hydrogens (primary N) is 1. The summed E-state index contributed by atoms with van der Waals surface area (Å²) < 4.78 is 39.3. The predicted octanol–water partition coefficient (Wildman–Crippen LogP) is 3.18. The SMILES string of the molecule is CC(C)(NP(=O)(OC[C@H]1O[C@@H](n2cnc3c(=O)[nH]c(N)nc32)[C@](C)(O)[C@@H]1O)Oc1cccc2ccccc12)C(=O)OCc1ccccc1. The number of carbonyl (C=O) groups is 1. The molecule has 252 valence electrons. The number of carbonyl (C=O) groups excluding carboxylic acids is 1. The van der Waals surface area contributed by atoms with Crippen molar-refractivity contribution >= 4 is 41.6 Å². The van der Waals surface area contributed by atoms with Gasteiger partial charge in [-0.25, -0.2) is 9.55 Å². The minimum atomic E-state index is -4.49. The molecule has 2 aromatic heterocycles. The molecule has 0 spiro atoms. The fourth-order valence-electron chi connectivity index (χ4n) is 5.44. The van der Waals surface area contributed by atoms with E-state index in [4.69, 9.17) is 24.3 Å². The summed E-state index contributed by atoms with van der Waals surface area (Å²) in [4.78, 5) is 36.1. The fraction of sp³-hybridized carbons (Fsp3) is 0.312. The van der Waals surface area contributed by atoms with Crippen LogP contribution in [0.1, 0.15) is 32.6 Å². The Labute approximate surface area is 274 Å². The van der Waals surface area contributed by atoms with Crippen LogP contribution in [0.4, 0.5) is 5.95 Å². The second kappa shape index (κ2) is 12.8. The average molecular weight is 679 g/mol. The number of aromatic amines is 1. The smallest absolute Gasteiger partial charge is 0.459 e. The summed E-state index contributed by atoms with van der Waals surface area (Å²) in [5, 5.41) is 26.7. The van der Waals surface area contributed by atoms with Crippen LogP contribution in [0.5, 0.6) is 5.75 Å². The van der Waals surface area contributed by atoms with E-state index < -0.39 is 55.5 Å². The van der Waals surface area contributed by atoms with E-state index in [0.717, 1.165) is 10.9 Å². The van der Waals surface area contributed by atoms with Gasteiger partial charge in [-0.15, -0.1) is 0 Å². The van der Waals surface area contributed by atoms with Crippen LogP contribution in [0, 0.1) is 0 Å². The number of benzene rings is 3. The van der Waals surface area contributed by atoms with E-state index in [2.05, 4.69) is 20.0 Å². The Morgan fingerprint density at radius 2 is 1.85 bits per heavy atom. The summed E-state index contributed by atoms with van der Waals surface area (Å²) in [5.41, 5.74) is 2.28. The monoisotopic (exact) mass is 678 g/mol. The van der Waals surface area contributed by atoms with Crippen molar-refractivity contribution in [1.82, 2.24) is 24.6 Å². The fourth-order valence-corrected chi connectivity index (χ4v) is 7.14. The second-order valence-corrected chi connectivity index (χ2v) is 13.8. The maximum atomic E-state index is 14.6. The molecule has 1 saturated heterocycles. The second-order valence-electron chi connectivity index (χ2n) is 12.1. The molecule has 16 heteroatoms. The van der Waals surface area contributed by atoms with Crippen molar-refractivity contribution in [1.29, 1.82) is 0 Å². The summed E-state index contributed by atoms with van der Waals surface area (Å²) in [6.45, 7) is 3.67. The third-order valence-corrected chi connectivity index (χ3v) is 9.73. The number of H-pyrrole nitrogens is 1. The van der Waals surface area contributed by atoms with Gasteiger partial charge in [0.05, 0.1) is 12.9 Å². The number of nitrogens with one attached hydrogen (secondary N) is 2. The van der Waals surface area contributed by atoms with Gasteiger partial charge in [0, 0.05) is 5.39 Å². The molecule has 5 atom stereocenters. The highest BCUT2D eigenvalue weighted by atomic mass is 31.2. The average Bonchev–Trinajstić information content (AvgIpc) is 3.56. The van der Waals surface area contributed by atoms with Crippen LogP contribution < -0.4 is 20.9 Å². The van der Waals surface area contributed by atoms with E-state index in [-0.39, 0.29) is 29.5 Å². The molecule has 1 unspecified atom stereocenters. The van der Waals surface area contributed by atoms with E-state index in [0.29, 0.717) is 5.39 Å². The third-order valence-electron chi connectivity index (χ3n) is 7.97. The van der Waals surface area contributed by atoms with Crippen LogP contribution in [0.2, 0.25) is 0 Å². The first-order chi connectivity index (χ1) is 22.8. The summed E-state index contributed by atoms with van der Waals surface area (Å²) >= 11 is 0. The molecule has 3 aromatic carbocycles. The van der Waals surface area contributed by atoms with E-state index >= 15 is 0 Å². The van der Waals surface area contributed by atoms with Gasteiger partial charge >= 0.3 is 13.7 Å². The molecule has 1 aliphatic rings. The van der Waals surface area contributed by atoms with E-state index in [9.17, 15) is 24.4 Å². The van der Waals surface area contributed by atoms with Crippen molar-refractivity contribution in [2.75, 3.05) is 12.3 Å². The zero-order valence-corrected chi connectivity index (χ0v) is 27.2. The number of esters is 1. The summed E-state index contributed by atoms with van der Waals surface area (Å²) in [7, 11) is -4.49. The zero-order chi connectivity index (χ0) is 34.3. The Bertz CT molecular complexity index is 2060. The van der Waals surface area contributed by atoms with Gasteiger partial charge < -0.3 is 29.9 Å². The number of rotatable bonds is 11. The van der Waals surface area contributed by atoms with Gasteiger partial charge in [-0.3, -0.25) is 23.7 Å². The Morgan fingerprint density at radius 1 is 1.15 bits per heavy atom. The minimum absolute atomic E-state index is 0.0117. The van der Waals surface area contributed by atoms with Crippen LogP contribution in [-0.4, -0.2) is 65.7 Å². The molecule has 5 aromatic rings. The molecule has 1 aliphatic heterocycles. The number of anilines is 1. The van der Waals surface area contributed by atoms with E-state index in [1.54, 1.807) is 36.4 Å². The molecule has 0 saturated carbocycles. The van der Waals surface area contributed by atoms with Crippen molar-refractivity contribution < 1.29 is 38.1 Å². The topological polar surface area (TPSA) is 213 Å². The minimum Gasteiger partial charge on any atom is -0.459 e. The standard InChI is InChI=1S/C32H35N6O9P/c1-31(2,29(41)44-16-19-10-5-4-6-11-19)37-48(43,47-22-15-9-13-20-12-7-8-14-21(20)22)45-17-23-25(39)32(3,42)28(46-23)38-18-34-24-26(38)35-30(33)36-27(24)40/h4-15,18,23,25,28,39,42H,16-17H2,1-3H3,(H,37,43)(H3,33,35,36,40)/t23-,25-,28-,32-,48?/m1/s1. The van der Waals surface area contributed by atoms with Crippen molar-refractivity contribution in [2.45, 2.75) is 57.0 Å². The molecule has 0 bridgehead atoms. The van der Waals surface area contributed by atoms with Crippen molar-refractivity contribution in [3.05, 3.63) is 95.0 Å². The summed E-state index contributed by atoms with van der Waals surface area (Å²) in [6.07, 6.45) is -2.95. The van der Waals surface area contributed by atoms with E-state index in [1.807, 2.05) is 36.4 Å². The van der Waals surface area contributed by atoms with E-state index in [1.165, 1.54) is 31.7 Å². The number of imidazole rings is 1. The van der Waals surface area contributed by atoms with Gasteiger partial charge in [0.1, 0.15) is 35.7 Å². The Morgan fingerprint density at radius 3 is 2.62 bits per heavy atom. The quantitative estimate of drug-likeness (QED) is 0.100. The molecule has 0 aliphatic carbocycles. The highest BCUT2D eigenvalue weighted by Gasteiger charge is 2.54. The highest BCUT2D eigenvalue weighted by molar-refractivity contribution is 7.52. The Kier molecular flexibility index (Phi) is 8.85. The first-order valence-corrected chi connectivity index (χ1v) is 16.5. The molecule has 48 heavy (non-hydrogen) atoms. The Balaban J connectivity index is 1.26. The number of nitrogen functional groups attached to an aromatic ring is 1. The largest absolute Gasteiger partial charge is 0.459 e. The van der Waals surface area contributed by atoms with Gasteiger partial charge in [-0.05, 0) is 37.8 Å². The molecule has 0 amide bonds. The molecule has 0 radical (unpaired) electrons. The highest BCUT2D eigenvalue weighted by Crippen LogP contribution is 2.49. The first kappa shape index (κ1) is 33.3. The van der Waals surface area contributed by atoms with Crippen molar-refractivity contribution in [3.63, 3.8) is 0 Å². The molecule has 6 N–H and O–H groups in total. The molecule has 6 rings (SSSR count). The Hall–Kier alpha value is -4.63. The molecular formula is C32H35N6O9P. The third kappa shape index (κ3) is 6.56. The summed E-state index contributed by atoms with van der Waals surface area (Å²) in [5.74, 6) is -0.714. The van der Waals surface area contributed by atoms with Crippen molar-refractivity contribution in [3.8, 4) is 5.75 Å². The van der Waals surface area contributed by atoms with Gasteiger partial charge in [0.25, 0.3) is 5.56 Å². The lowest BCUT2D eigenvalue weighted by Gasteiger charge is -2.30. The number of ether oxygens (including phenoxy) is 2. The predicted molar refractivity (Wildman–Crippen MR) is 175 cm³/mol.